The fourth-order valence-corrected chi connectivity index (χ4v) is 3.19. The number of H-pyrrole nitrogens is 1. The predicted octanol–water partition coefficient (Wildman–Crippen LogP) is 2.53. The fourth-order valence-electron chi connectivity index (χ4n) is 2.30. The van der Waals surface area contributed by atoms with Crippen LogP contribution in [-0.4, -0.2) is 34.7 Å². The van der Waals surface area contributed by atoms with E-state index in [1.54, 1.807) is 0 Å². The number of rotatable bonds is 6. The highest BCUT2D eigenvalue weighted by Gasteiger charge is 2.14. The molecule has 0 unspecified atom stereocenters. The lowest BCUT2D eigenvalue weighted by Gasteiger charge is -2.18. The lowest BCUT2D eigenvalue weighted by molar-refractivity contribution is 0.198. The largest absolute Gasteiger partial charge is 0.395 e. The highest BCUT2D eigenvalue weighted by molar-refractivity contribution is 7.09. The Hall–Kier alpha value is -1.43. The summed E-state index contributed by atoms with van der Waals surface area (Å²) in [5.74, 6) is 0. The van der Waals surface area contributed by atoms with Crippen LogP contribution in [0.25, 0.3) is 11.3 Å². The Morgan fingerprint density at radius 2 is 2.05 bits per heavy atom. The maximum atomic E-state index is 11.8. The van der Waals surface area contributed by atoms with Crippen molar-refractivity contribution in [2.75, 3.05) is 19.7 Å². The molecule has 0 saturated heterocycles. The second-order valence-corrected chi connectivity index (χ2v) is 6.27. The zero-order valence-corrected chi connectivity index (χ0v) is 13.6. The average molecular weight is 306 g/mol. The Labute approximate surface area is 129 Å². The van der Waals surface area contributed by atoms with Gasteiger partial charge in [0.2, 0.25) is 0 Å². The summed E-state index contributed by atoms with van der Waals surface area (Å²) in [6.07, 6.45) is 0. The SMILES string of the molecule is CCN(CCO)Cc1sc(=O)[nH]c1-c1ccc(C)c(C)c1. The summed E-state index contributed by atoms with van der Waals surface area (Å²) >= 11 is 1.25. The first-order chi connectivity index (χ1) is 10.0. The number of hydrogen-bond acceptors (Lipinski definition) is 4. The van der Waals surface area contributed by atoms with Gasteiger partial charge in [-0.25, -0.2) is 0 Å². The van der Waals surface area contributed by atoms with Crippen LogP contribution >= 0.6 is 11.3 Å². The van der Waals surface area contributed by atoms with E-state index in [0.29, 0.717) is 13.1 Å². The molecule has 0 spiro atoms. The first-order valence-electron chi connectivity index (χ1n) is 7.18. The van der Waals surface area contributed by atoms with Crippen molar-refractivity contribution in [1.29, 1.82) is 0 Å². The first kappa shape index (κ1) is 15.9. The quantitative estimate of drug-likeness (QED) is 0.862. The maximum absolute atomic E-state index is 11.8. The molecular formula is C16H22N2O2S. The van der Waals surface area contributed by atoms with Crippen LogP contribution in [0.15, 0.2) is 23.0 Å². The molecule has 0 aliphatic rings. The summed E-state index contributed by atoms with van der Waals surface area (Å²) in [5.41, 5.74) is 4.41. The van der Waals surface area contributed by atoms with Crippen LogP contribution in [0.3, 0.4) is 0 Å². The predicted molar refractivity (Wildman–Crippen MR) is 87.9 cm³/mol. The first-order valence-corrected chi connectivity index (χ1v) is 7.99. The van der Waals surface area contributed by atoms with Gasteiger partial charge in [-0.2, -0.15) is 0 Å². The van der Waals surface area contributed by atoms with Crippen molar-refractivity contribution in [3.8, 4) is 11.3 Å². The van der Waals surface area contributed by atoms with E-state index in [2.05, 4.69) is 42.8 Å². The smallest absolute Gasteiger partial charge is 0.305 e. The molecule has 4 nitrogen and oxygen atoms in total. The zero-order valence-electron chi connectivity index (χ0n) is 12.8. The van der Waals surface area contributed by atoms with Gasteiger partial charge in [0.1, 0.15) is 0 Å². The molecule has 2 rings (SSSR count). The van der Waals surface area contributed by atoms with Crippen molar-refractivity contribution in [2.24, 2.45) is 0 Å². The average Bonchev–Trinajstić information content (AvgIpc) is 2.82. The standard InChI is InChI=1S/C16H22N2O2S/c1-4-18(7-8-19)10-14-15(17-16(20)21-14)13-6-5-11(2)12(3)9-13/h5-6,9,19H,4,7-8,10H2,1-3H3,(H,17,20). The summed E-state index contributed by atoms with van der Waals surface area (Å²) in [6.45, 7) is 8.49. The van der Waals surface area contributed by atoms with Crippen LogP contribution < -0.4 is 4.87 Å². The summed E-state index contributed by atoms with van der Waals surface area (Å²) in [4.78, 5) is 17.8. The topological polar surface area (TPSA) is 56.3 Å². The summed E-state index contributed by atoms with van der Waals surface area (Å²) in [7, 11) is 0. The molecule has 0 atom stereocenters. The number of aliphatic hydroxyl groups excluding tert-OH is 1. The van der Waals surface area contributed by atoms with Gasteiger partial charge >= 0.3 is 4.87 Å². The van der Waals surface area contributed by atoms with E-state index >= 15 is 0 Å². The molecule has 114 valence electrons. The van der Waals surface area contributed by atoms with Gasteiger partial charge in [0, 0.05) is 18.0 Å². The van der Waals surface area contributed by atoms with Crippen LogP contribution in [-0.2, 0) is 6.54 Å². The van der Waals surface area contributed by atoms with Gasteiger partial charge in [-0.3, -0.25) is 9.69 Å². The zero-order chi connectivity index (χ0) is 15.4. The van der Waals surface area contributed by atoms with E-state index in [-0.39, 0.29) is 11.5 Å². The molecule has 0 amide bonds. The number of nitrogens with zero attached hydrogens (tertiary/aromatic N) is 1. The van der Waals surface area contributed by atoms with Gasteiger partial charge in [-0.15, -0.1) is 0 Å². The van der Waals surface area contributed by atoms with Crippen molar-refractivity contribution < 1.29 is 5.11 Å². The van der Waals surface area contributed by atoms with Crippen molar-refractivity contribution in [1.82, 2.24) is 9.88 Å². The van der Waals surface area contributed by atoms with Gasteiger partial charge in [-0.05, 0) is 43.1 Å². The van der Waals surface area contributed by atoms with Gasteiger partial charge in [0.25, 0.3) is 0 Å². The van der Waals surface area contributed by atoms with E-state index in [4.69, 9.17) is 5.11 Å². The molecule has 2 N–H and O–H groups in total. The number of hydrogen-bond donors (Lipinski definition) is 2. The summed E-state index contributed by atoms with van der Waals surface area (Å²) in [6, 6.07) is 6.24. The van der Waals surface area contributed by atoms with Crippen LogP contribution in [0.1, 0.15) is 22.9 Å². The molecule has 0 bridgehead atoms. The number of likely N-dealkylation sites (N-methyl/N-ethyl adjacent to an activating group) is 1. The van der Waals surface area contributed by atoms with E-state index in [9.17, 15) is 4.79 Å². The summed E-state index contributed by atoms with van der Waals surface area (Å²) in [5, 5.41) is 9.10. The Morgan fingerprint density at radius 3 is 2.67 bits per heavy atom. The molecule has 0 aliphatic heterocycles. The fraction of sp³-hybridized carbons (Fsp3) is 0.438. The number of thiazole rings is 1. The molecule has 0 aliphatic carbocycles. The number of nitrogens with one attached hydrogen (secondary N) is 1. The van der Waals surface area contributed by atoms with Crippen molar-refractivity contribution in [3.05, 3.63) is 43.9 Å². The van der Waals surface area contributed by atoms with E-state index in [1.807, 2.05) is 6.07 Å². The van der Waals surface area contributed by atoms with Crippen LogP contribution in [0.4, 0.5) is 0 Å². The highest BCUT2D eigenvalue weighted by Crippen LogP contribution is 2.26. The molecular weight excluding hydrogens is 284 g/mol. The second kappa shape index (κ2) is 7.02. The Bertz CT molecular complexity index is 661. The molecule has 1 aromatic heterocycles. The monoisotopic (exact) mass is 306 g/mol. The Morgan fingerprint density at radius 1 is 1.29 bits per heavy atom. The number of aromatic amines is 1. The number of aromatic nitrogens is 1. The molecule has 5 heteroatoms. The molecule has 0 radical (unpaired) electrons. The van der Waals surface area contributed by atoms with Crippen LogP contribution in [0.5, 0.6) is 0 Å². The minimum Gasteiger partial charge on any atom is -0.395 e. The van der Waals surface area contributed by atoms with Gasteiger partial charge < -0.3 is 10.1 Å². The van der Waals surface area contributed by atoms with Crippen LogP contribution in [0.2, 0.25) is 0 Å². The minimum absolute atomic E-state index is 0.0294. The van der Waals surface area contributed by atoms with Gasteiger partial charge in [0.15, 0.2) is 0 Å². The molecule has 1 heterocycles. The third-order valence-corrected chi connectivity index (χ3v) is 4.62. The Balaban J connectivity index is 2.36. The minimum atomic E-state index is -0.0294. The number of aliphatic hydroxyl groups is 1. The third kappa shape index (κ3) is 3.81. The molecule has 21 heavy (non-hydrogen) atoms. The molecule has 0 saturated carbocycles. The number of aryl methyl sites for hydroxylation is 2. The van der Waals surface area contributed by atoms with Gasteiger partial charge in [0.05, 0.1) is 12.3 Å². The normalized spacial score (nSPS) is 11.3. The van der Waals surface area contributed by atoms with Crippen molar-refractivity contribution in [2.45, 2.75) is 27.3 Å². The van der Waals surface area contributed by atoms with E-state index in [1.165, 1.54) is 22.5 Å². The summed E-state index contributed by atoms with van der Waals surface area (Å²) < 4.78 is 0. The van der Waals surface area contributed by atoms with E-state index < -0.39 is 0 Å². The maximum Gasteiger partial charge on any atom is 0.305 e. The van der Waals surface area contributed by atoms with Gasteiger partial charge in [-0.1, -0.05) is 30.4 Å². The van der Waals surface area contributed by atoms with Crippen molar-refractivity contribution >= 4 is 11.3 Å². The lowest BCUT2D eigenvalue weighted by Crippen LogP contribution is -2.25. The van der Waals surface area contributed by atoms with Crippen LogP contribution in [0, 0.1) is 13.8 Å². The highest BCUT2D eigenvalue weighted by atomic mass is 32.1. The Kier molecular flexibility index (Phi) is 5.33. The number of benzene rings is 1. The third-order valence-electron chi connectivity index (χ3n) is 3.75. The molecule has 2 aromatic rings. The molecule has 0 fully saturated rings. The van der Waals surface area contributed by atoms with Crippen molar-refractivity contribution in [3.63, 3.8) is 0 Å². The van der Waals surface area contributed by atoms with E-state index in [0.717, 1.165) is 22.7 Å². The lowest BCUT2D eigenvalue weighted by atomic mass is 10.0. The second-order valence-electron chi connectivity index (χ2n) is 5.20. The molecule has 1 aromatic carbocycles.